The highest BCUT2D eigenvalue weighted by Gasteiger charge is 2.36. The SMILES string of the molecule is O=C1CCN2c3ccccc3C=C(c3cccs3)N12. The van der Waals surface area contributed by atoms with Crippen LogP contribution in [0.3, 0.4) is 0 Å². The number of anilines is 1. The highest BCUT2D eigenvalue weighted by molar-refractivity contribution is 7.11. The predicted molar refractivity (Wildman–Crippen MR) is 77.4 cm³/mol. The summed E-state index contributed by atoms with van der Waals surface area (Å²) >= 11 is 1.67. The number of nitrogens with zero attached hydrogens (tertiary/aromatic N) is 2. The second kappa shape index (κ2) is 3.96. The molecule has 1 aromatic carbocycles. The molecule has 2 aliphatic heterocycles. The van der Waals surface area contributed by atoms with Gasteiger partial charge in [-0.25, -0.2) is 5.01 Å². The molecular weight excluding hydrogens is 256 g/mol. The Kier molecular flexibility index (Phi) is 2.26. The van der Waals surface area contributed by atoms with Crippen LogP contribution in [0.5, 0.6) is 0 Å². The van der Waals surface area contributed by atoms with Crippen molar-refractivity contribution in [3.05, 3.63) is 52.2 Å². The third-order valence-electron chi connectivity index (χ3n) is 3.52. The summed E-state index contributed by atoms with van der Waals surface area (Å²) < 4.78 is 0. The molecule has 2 aromatic rings. The lowest BCUT2D eigenvalue weighted by molar-refractivity contribution is -0.125. The minimum absolute atomic E-state index is 0.175. The minimum atomic E-state index is 0.175. The van der Waals surface area contributed by atoms with E-state index in [1.54, 1.807) is 11.3 Å². The van der Waals surface area contributed by atoms with Crippen LogP contribution in [0, 0.1) is 0 Å². The van der Waals surface area contributed by atoms with Crippen LogP contribution in [0.1, 0.15) is 16.9 Å². The maximum atomic E-state index is 12.2. The number of hydrazine groups is 1. The normalized spacial score (nSPS) is 17.3. The molecule has 0 spiro atoms. The van der Waals surface area contributed by atoms with Crippen molar-refractivity contribution in [2.24, 2.45) is 0 Å². The van der Waals surface area contributed by atoms with Gasteiger partial charge in [0, 0.05) is 18.5 Å². The Morgan fingerprint density at radius 1 is 1.11 bits per heavy atom. The van der Waals surface area contributed by atoms with Crippen LogP contribution in [0.2, 0.25) is 0 Å². The van der Waals surface area contributed by atoms with Crippen LogP contribution in [0.4, 0.5) is 5.69 Å². The van der Waals surface area contributed by atoms with Crippen LogP contribution >= 0.6 is 11.3 Å². The zero-order valence-electron chi connectivity index (χ0n) is 10.2. The molecule has 3 nitrogen and oxygen atoms in total. The Labute approximate surface area is 115 Å². The van der Waals surface area contributed by atoms with Crippen molar-refractivity contribution in [2.75, 3.05) is 11.6 Å². The summed E-state index contributed by atoms with van der Waals surface area (Å²) in [6.07, 6.45) is 2.69. The molecule has 19 heavy (non-hydrogen) atoms. The second-order valence-electron chi connectivity index (χ2n) is 4.64. The topological polar surface area (TPSA) is 23.6 Å². The number of thiophene rings is 1. The van der Waals surface area contributed by atoms with Gasteiger partial charge < -0.3 is 0 Å². The largest absolute Gasteiger partial charge is 0.277 e. The average Bonchev–Trinajstić information content (AvgIpc) is 3.08. The van der Waals surface area contributed by atoms with Crippen molar-refractivity contribution < 1.29 is 4.79 Å². The Morgan fingerprint density at radius 3 is 2.84 bits per heavy atom. The van der Waals surface area contributed by atoms with Gasteiger partial charge in [0.25, 0.3) is 0 Å². The molecule has 0 atom stereocenters. The molecule has 2 aliphatic rings. The maximum absolute atomic E-state index is 12.2. The van der Waals surface area contributed by atoms with Gasteiger partial charge in [-0.15, -0.1) is 11.3 Å². The fourth-order valence-corrected chi connectivity index (χ4v) is 3.41. The molecule has 4 rings (SSSR count). The molecule has 4 heteroatoms. The predicted octanol–water partition coefficient (Wildman–Crippen LogP) is 3.21. The number of carbonyl (C=O) groups excluding carboxylic acids is 1. The highest BCUT2D eigenvalue weighted by atomic mass is 32.1. The lowest BCUT2D eigenvalue weighted by atomic mass is 10.1. The standard InChI is InChI=1S/C15H12N2OS/c18-15-7-8-16-12-5-2-1-4-11(12)10-13(17(15)16)14-6-3-9-19-14/h1-6,9-10H,7-8H2. The maximum Gasteiger partial charge on any atom is 0.247 e. The molecule has 0 unspecified atom stereocenters. The number of amides is 1. The summed E-state index contributed by atoms with van der Waals surface area (Å²) in [7, 11) is 0. The van der Waals surface area contributed by atoms with Gasteiger partial charge in [-0.05, 0) is 23.6 Å². The van der Waals surface area contributed by atoms with Gasteiger partial charge in [-0.3, -0.25) is 9.80 Å². The van der Waals surface area contributed by atoms with E-state index in [-0.39, 0.29) is 5.91 Å². The van der Waals surface area contributed by atoms with Crippen molar-refractivity contribution in [2.45, 2.75) is 6.42 Å². The molecular formula is C15H12N2OS. The Morgan fingerprint density at radius 2 is 2.00 bits per heavy atom. The molecule has 3 heterocycles. The highest BCUT2D eigenvalue weighted by Crippen LogP contribution is 2.40. The number of benzene rings is 1. The van der Waals surface area contributed by atoms with Gasteiger partial charge in [0.2, 0.25) is 5.91 Å². The Hall–Kier alpha value is -2.07. The Balaban J connectivity index is 1.94. The Bertz CT molecular complexity index is 675. The molecule has 1 amide bonds. The zero-order chi connectivity index (χ0) is 12.8. The van der Waals surface area contributed by atoms with E-state index in [2.05, 4.69) is 29.3 Å². The smallest absolute Gasteiger partial charge is 0.247 e. The lowest BCUT2D eigenvalue weighted by Gasteiger charge is -2.35. The van der Waals surface area contributed by atoms with Gasteiger partial charge >= 0.3 is 0 Å². The van der Waals surface area contributed by atoms with E-state index in [4.69, 9.17) is 0 Å². The van der Waals surface area contributed by atoms with Crippen molar-refractivity contribution in [3.63, 3.8) is 0 Å². The molecule has 1 saturated heterocycles. The molecule has 0 bridgehead atoms. The minimum Gasteiger partial charge on any atom is -0.277 e. The second-order valence-corrected chi connectivity index (χ2v) is 5.59. The number of hydrogen-bond acceptors (Lipinski definition) is 3. The number of fused-ring (bicyclic) bond motifs is 3. The van der Waals surface area contributed by atoms with Crippen LogP contribution in [0.15, 0.2) is 41.8 Å². The van der Waals surface area contributed by atoms with Gasteiger partial charge in [0.1, 0.15) is 0 Å². The van der Waals surface area contributed by atoms with E-state index in [0.717, 1.165) is 22.8 Å². The monoisotopic (exact) mass is 268 g/mol. The van der Waals surface area contributed by atoms with Crippen LogP contribution in [-0.4, -0.2) is 17.5 Å². The summed E-state index contributed by atoms with van der Waals surface area (Å²) in [6.45, 7) is 0.762. The van der Waals surface area contributed by atoms with Crippen LogP contribution in [0.25, 0.3) is 11.8 Å². The van der Waals surface area contributed by atoms with E-state index in [1.165, 1.54) is 5.56 Å². The summed E-state index contributed by atoms with van der Waals surface area (Å²) in [5.41, 5.74) is 3.29. The van der Waals surface area contributed by atoms with Gasteiger partial charge in [-0.2, -0.15) is 0 Å². The van der Waals surface area contributed by atoms with Crippen molar-refractivity contribution >= 4 is 34.7 Å². The first-order valence-corrected chi connectivity index (χ1v) is 7.17. The number of para-hydroxylation sites is 1. The fraction of sp³-hybridized carbons (Fsp3) is 0.133. The summed E-state index contributed by atoms with van der Waals surface area (Å²) in [5, 5.41) is 5.96. The summed E-state index contributed by atoms with van der Waals surface area (Å²) in [6, 6.07) is 12.3. The number of carbonyl (C=O) groups is 1. The molecule has 1 aromatic heterocycles. The quantitative estimate of drug-likeness (QED) is 0.793. The summed E-state index contributed by atoms with van der Waals surface area (Å²) in [5.74, 6) is 0.175. The first kappa shape index (κ1) is 10.8. The van der Waals surface area contributed by atoms with E-state index in [9.17, 15) is 4.79 Å². The first-order valence-electron chi connectivity index (χ1n) is 6.29. The fourth-order valence-electron chi connectivity index (χ4n) is 2.69. The third-order valence-corrected chi connectivity index (χ3v) is 4.42. The van der Waals surface area contributed by atoms with Crippen molar-refractivity contribution in [1.29, 1.82) is 0 Å². The molecule has 94 valence electrons. The molecule has 0 saturated carbocycles. The lowest BCUT2D eigenvalue weighted by Crippen LogP contribution is -2.39. The summed E-state index contributed by atoms with van der Waals surface area (Å²) in [4.78, 5) is 13.3. The van der Waals surface area contributed by atoms with Gasteiger partial charge in [-0.1, -0.05) is 24.3 Å². The van der Waals surface area contributed by atoms with E-state index < -0.39 is 0 Å². The average molecular weight is 268 g/mol. The van der Waals surface area contributed by atoms with E-state index in [1.807, 2.05) is 28.6 Å². The van der Waals surface area contributed by atoms with Gasteiger partial charge in [0.05, 0.1) is 16.3 Å². The van der Waals surface area contributed by atoms with E-state index >= 15 is 0 Å². The zero-order valence-corrected chi connectivity index (χ0v) is 11.1. The van der Waals surface area contributed by atoms with Gasteiger partial charge in [0.15, 0.2) is 0 Å². The van der Waals surface area contributed by atoms with Crippen molar-refractivity contribution in [3.8, 4) is 0 Å². The molecule has 0 N–H and O–H groups in total. The van der Waals surface area contributed by atoms with Crippen LogP contribution < -0.4 is 5.01 Å². The number of rotatable bonds is 1. The molecule has 0 aliphatic carbocycles. The van der Waals surface area contributed by atoms with Crippen molar-refractivity contribution in [1.82, 2.24) is 5.01 Å². The molecule has 0 radical (unpaired) electrons. The first-order chi connectivity index (χ1) is 9.34. The van der Waals surface area contributed by atoms with Crippen LogP contribution in [-0.2, 0) is 4.79 Å². The van der Waals surface area contributed by atoms with E-state index in [0.29, 0.717) is 6.42 Å². The molecule has 1 fully saturated rings. The third kappa shape index (κ3) is 1.53. The number of hydrogen-bond donors (Lipinski definition) is 0.